The lowest BCUT2D eigenvalue weighted by atomic mass is 10.2. The second-order valence-electron chi connectivity index (χ2n) is 4.59. The van der Waals surface area contributed by atoms with Crippen molar-refractivity contribution >= 4 is 28.6 Å². The molecule has 0 bridgehead atoms. The Kier molecular flexibility index (Phi) is 4.74. The van der Waals surface area contributed by atoms with Gasteiger partial charge in [-0.1, -0.05) is 19.9 Å². The molecular weight excluding hydrogens is 278 g/mol. The Balaban J connectivity index is 1.97. The molecule has 0 aliphatic carbocycles. The lowest BCUT2D eigenvalue weighted by molar-refractivity contribution is -0.124. The number of amides is 1. The Morgan fingerprint density at radius 2 is 2.11 bits per heavy atom. The molecule has 2 rings (SSSR count). The van der Waals surface area contributed by atoms with Gasteiger partial charge in [-0.25, -0.2) is 0 Å². The van der Waals surface area contributed by atoms with Gasteiger partial charge < -0.3 is 10.4 Å². The molecule has 0 fully saturated rings. The fourth-order valence-corrected chi connectivity index (χ4v) is 3.36. The zero-order valence-corrected chi connectivity index (χ0v) is 12.6. The first kappa shape index (κ1) is 14.2. The molecule has 3 nitrogen and oxygen atoms in total. The quantitative estimate of drug-likeness (QED) is 0.890. The maximum atomic E-state index is 11.5. The van der Waals surface area contributed by atoms with Gasteiger partial charge in [0.15, 0.2) is 0 Å². The van der Waals surface area contributed by atoms with Crippen LogP contribution in [0.4, 0.5) is 0 Å². The van der Waals surface area contributed by atoms with E-state index >= 15 is 0 Å². The number of carbonyl (C=O) groups is 1. The number of thiophene rings is 2. The first-order chi connectivity index (χ1) is 9.08. The van der Waals surface area contributed by atoms with Gasteiger partial charge in [0, 0.05) is 20.5 Å². The molecule has 2 N–H and O–H groups in total. The molecule has 2 heterocycles. The number of rotatable bonds is 5. The summed E-state index contributed by atoms with van der Waals surface area (Å²) >= 11 is 3.08. The fourth-order valence-electron chi connectivity index (χ4n) is 1.60. The average molecular weight is 295 g/mol. The average Bonchev–Trinajstić information content (AvgIpc) is 3.06. The van der Waals surface area contributed by atoms with Crippen LogP contribution in [0.1, 0.15) is 34.6 Å². The van der Waals surface area contributed by atoms with Crippen molar-refractivity contribution < 1.29 is 9.90 Å². The molecule has 102 valence electrons. The summed E-state index contributed by atoms with van der Waals surface area (Å²) in [5.74, 6) is 0.0462. The molecule has 0 radical (unpaired) electrons. The van der Waals surface area contributed by atoms with Gasteiger partial charge in [-0.3, -0.25) is 4.79 Å². The molecule has 0 saturated heterocycles. The molecular formula is C14H17NO2S2. The van der Waals surface area contributed by atoms with Crippen LogP contribution in [0.3, 0.4) is 0 Å². The molecule has 0 spiro atoms. The Labute approximate surface area is 120 Å². The van der Waals surface area contributed by atoms with Crippen molar-refractivity contribution in [2.45, 2.75) is 26.5 Å². The molecule has 1 atom stereocenters. The van der Waals surface area contributed by atoms with Gasteiger partial charge in [0.2, 0.25) is 5.91 Å². The van der Waals surface area contributed by atoms with Crippen LogP contribution in [0, 0.1) is 5.92 Å². The first-order valence-electron chi connectivity index (χ1n) is 6.15. The zero-order valence-electron chi connectivity index (χ0n) is 10.9. The number of carbonyl (C=O) groups excluding carboxylic acids is 1. The van der Waals surface area contributed by atoms with E-state index in [1.54, 1.807) is 11.3 Å². The summed E-state index contributed by atoms with van der Waals surface area (Å²) in [6, 6.07) is 7.74. The number of aliphatic hydroxyl groups excluding tert-OH is 1. The summed E-state index contributed by atoms with van der Waals surface area (Å²) in [6.45, 7) is 4.27. The second kappa shape index (κ2) is 6.32. The highest BCUT2D eigenvalue weighted by molar-refractivity contribution is 7.12. The summed E-state index contributed by atoms with van der Waals surface area (Å²) in [5.41, 5.74) is 0. The van der Waals surface area contributed by atoms with Crippen LogP contribution in [0.2, 0.25) is 0 Å². The molecule has 2 aromatic heterocycles. The highest BCUT2D eigenvalue weighted by atomic mass is 32.1. The van der Waals surface area contributed by atoms with E-state index in [2.05, 4.69) is 5.32 Å². The lowest BCUT2D eigenvalue weighted by Gasteiger charge is -2.06. The van der Waals surface area contributed by atoms with Gasteiger partial charge in [-0.2, -0.15) is 0 Å². The van der Waals surface area contributed by atoms with Crippen molar-refractivity contribution in [3.8, 4) is 0 Å². The molecule has 0 saturated carbocycles. The van der Waals surface area contributed by atoms with Crippen LogP contribution in [0.25, 0.3) is 0 Å². The number of hydrogen-bond donors (Lipinski definition) is 2. The molecule has 19 heavy (non-hydrogen) atoms. The van der Waals surface area contributed by atoms with Crippen LogP contribution >= 0.6 is 22.7 Å². The summed E-state index contributed by atoms with van der Waals surface area (Å²) in [4.78, 5) is 14.4. The normalized spacial score (nSPS) is 12.6. The predicted molar refractivity (Wildman–Crippen MR) is 79.4 cm³/mol. The minimum Gasteiger partial charge on any atom is -0.382 e. The molecule has 0 aliphatic rings. The standard InChI is InChI=1S/C14H17NO2S2/c1-9(2)14(17)15-8-10-5-6-12(19-10)13(16)11-4-3-7-18-11/h3-7,9,13,16H,8H2,1-2H3,(H,15,17). The van der Waals surface area contributed by atoms with Crippen molar-refractivity contribution in [3.05, 3.63) is 44.3 Å². The maximum absolute atomic E-state index is 11.5. The van der Waals surface area contributed by atoms with Crippen LogP contribution in [-0.4, -0.2) is 11.0 Å². The van der Waals surface area contributed by atoms with Gasteiger partial charge in [-0.05, 0) is 23.6 Å². The highest BCUT2D eigenvalue weighted by Crippen LogP contribution is 2.30. The van der Waals surface area contributed by atoms with E-state index < -0.39 is 6.10 Å². The molecule has 2 aromatic rings. The van der Waals surface area contributed by atoms with E-state index in [0.29, 0.717) is 6.54 Å². The van der Waals surface area contributed by atoms with E-state index in [1.807, 2.05) is 43.5 Å². The van der Waals surface area contributed by atoms with E-state index in [9.17, 15) is 9.90 Å². The monoisotopic (exact) mass is 295 g/mol. The Morgan fingerprint density at radius 1 is 1.32 bits per heavy atom. The SMILES string of the molecule is CC(C)C(=O)NCc1ccc(C(O)c2cccs2)s1. The summed E-state index contributed by atoms with van der Waals surface area (Å²) in [5, 5.41) is 15.0. The Morgan fingerprint density at radius 3 is 2.74 bits per heavy atom. The molecule has 1 amide bonds. The molecule has 1 unspecified atom stereocenters. The van der Waals surface area contributed by atoms with Gasteiger partial charge in [0.05, 0.1) is 6.54 Å². The minimum absolute atomic E-state index is 0.00357. The summed E-state index contributed by atoms with van der Waals surface area (Å²) in [6.07, 6.45) is -0.556. The predicted octanol–water partition coefficient (Wildman–Crippen LogP) is 3.16. The number of nitrogens with one attached hydrogen (secondary N) is 1. The Hall–Kier alpha value is -1.17. The summed E-state index contributed by atoms with van der Waals surface area (Å²) in [7, 11) is 0. The van der Waals surface area contributed by atoms with Gasteiger partial charge in [-0.15, -0.1) is 22.7 Å². The fraction of sp³-hybridized carbons (Fsp3) is 0.357. The molecule has 0 aliphatic heterocycles. The highest BCUT2D eigenvalue weighted by Gasteiger charge is 2.14. The smallest absolute Gasteiger partial charge is 0.222 e. The van der Waals surface area contributed by atoms with Crippen LogP contribution < -0.4 is 5.32 Å². The van der Waals surface area contributed by atoms with E-state index in [1.165, 1.54) is 11.3 Å². The number of aliphatic hydroxyl groups is 1. The third kappa shape index (κ3) is 3.65. The third-order valence-corrected chi connectivity index (χ3v) is 4.79. The van der Waals surface area contributed by atoms with E-state index in [-0.39, 0.29) is 11.8 Å². The van der Waals surface area contributed by atoms with Crippen LogP contribution in [0.5, 0.6) is 0 Å². The van der Waals surface area contributed by atoms with E-state index in [0.717, 1.165) is 14.6 Å². The van der Waals surface area contributed by atoms with Crippen molar-refractivity contribution in [2.75, 3.05) is 0 Å². The molecule has 5 heteroatoms. The van der Waals surface area contributed by atoms with Crippen LogP contribution in [-0.2, 0) is 11.3 Å². The van der Waals surface area contributed by atoms with Crippen molar-refractivity contribution in [1.82, 2.24) is 5.32 Å². The van der Waals surface area contributed by atoms with Gasteiger partial charge >= 0.3 is 0 Å². The summed E-state index contributed by atoms with van der Waals surface area (Å²) < 4.78 is 0. The topological polar surface area (TPSA) is 49.3 Å². The second-order valence-corrected chi connectivity index (χ2v) is 6.77. The van der Waals surface area contributed by atoms with Gasteiger partial charge in [0.25, 0.3) is 0 Å². The van der Waals surface area contributed by atoms with E-state index in [4.69, 9.17) is 0 Å². The first-order valence-corrected chi connectivity index (χ1v) is 7.85. The van der Waals surface area contributed by atoms with Crippen molar-refractivity contribution in [1.29, 1.82) is 0 Å². The van der Waals surface area contributed by atoms with Gasteiger partial charge in [0.1, 0.15) is 6.10 Å². The lowest BCUT2D eigenvalue weighted by Crippen LogP contribution is -2.26. The van der Waals surface area contributed by atoms with Crippen molar-refractivity contribution in [3.63, 3.8) is 0 Å². The van der Waals surface area contributed by atoms with Crippen LogP contribution in [0.15, 0.2) is 29.6 Å². The third-order valence-electron chi connectivity index (χ3n) is 2.73. The van der Waals surface area contributed by atoms with Crippen molar-refractivity contribution in [2.24, 2.45) is 5.92 Å². The zero-order chi connectivity index (χ0) is 13.8. The minimum atomic E-state index is -0.556. The molecule has 0 aromatic carbocycles. The number of hydrogen-bond acceptors (Lipinski definition) is 4. The largest absolute Gasteiger partial charge is 0.382 e. The Bertz CT molecular complexity index is 531. The maximum Gasteiger partial charge on any atom is 0.222 e.